The van der Waals surface area contributed by atoms with Crippen LogP contribution in [0.1, 0.15) is 37.3 Å². The van der Waals surface area contributed by atoms with Crippen molar-refractivity contribution in [2.75, 3.05) is 13.7 Å². The minimum absolute atomic E-state index is 0.0249. The Balaban J connectivity index is 2.25. The fourth-order valence-corrected chi connectivity index (χ4v) is 4.44. The van der Waals surface area contributed by atoms with Crippen LogP contribution >= 0.6 is 0 Å². The highest BCUT2D eigenvalue weighted by atomic mass is 32.2. The van der Waals surface area contributed by atoms with Gasteiger partial charge in [0.1, 0.15) is 16.7 Å². The van der Waals surface area contributed by atoms with E-state index in [0.717, 1.165) is 30.4 Å². The Morgan fingerprint density at radius 3 is 2.48 bits per heavy atom. The monoisotopic (exact) mass is 418 g/mol. The molecule has 2 N–H and O–H groups in total. The number of ether oxygens (including phenoxy) is 1. The van der Waals surface area contributed by atoms with Crippen molar-refractivity contribution in [1.82, 2.24) is 10.0 Å². The SMILES string of the molecule is CCCCCNC(=O)[C@@H](Cc1ccccc1)NS(=O)(=O)c1cc(C)ccc1OC. The van der Waals surface area contributed by atoms with Crippen molar-refractivity contribution < 1.29 is 17.9 Å². The maximum absolute atomic E-state index is 13.1. The molecule has 2 rings (SSSR count). The normalized spacial score (nSPS) is 12.4. The molecule has 0 aromatic heterocycles. The summed E-state index contributed by atoms with van der Waals surface area (Å²) in [5.41, 5.74) is 1.66. The van der Waals surface area contributed by atoms with Gasteiger partial charge >= 0.3 is 0 Å². The number of amides is 1. The summed E-state index contributed by atoms with van der Waals surface area (Å²) in [6.45, 7) is 4.41. The van der Waals surface area contributed by atoms with Crippen LogP contribution in [0.5, 0.6) is 5.75 Å². The van der Waals surface area contributed by atoms with E-state index in [4.69, 9.17) is 4.74 Å². The first kappa shape index (κ1) is 22.9. The summed E-state index contributed by atoms with van der Waals surface area (Å²) in [4.78, 5) is 12.8. The lowest BCUT2D eigenvalue weighted by Crippen LogP contribution is -2.48. The molecule has 0 aliphatic carbocycles. The van der Waals surface area contributed by atoms with E-state index in [2.05, 4.69) is 17.0 Å². The number of hydrogen-bond donors (Lipinski definition) is 2. The minimum Gasteiger partial charge on any atom is -0.495 e. The third-order valence-corrected chi connectivity index (χ3v) is 6.08. The molecular weight excluding hydrogens is 388 g/mol. The van der Waals surface area contributed by atoms with Gasteiger partial charge in [-0.25, -0.2) is 8.42 Å². The van der Waals surface area contributed by atoms with E-state index in [1.54, 1.807) is 25.1 Å². The molecule has 0 aliphatic rings. The van der Waals surface area contributed by atoms with Crippen molar-refractivity contribution >= 4 is 15.9 Å². The molecular formula is C22H30N2O4S. The zero-order valence-electron chi connectivity index (χ0n) is 17.3. The van der Waals surface area contributed by atoms with Crippen LogP contribution in [-0.2, 0) is 21.2 Å². The predicted octanol–water partition coefficient (Wildman–Crippen LogP) is 3.20. The van der Waals surface area contributed by atoms with Gasteiger partial charge in [-0.3, -0.25) is 4.79 Å². The number of unbranched alkanes of at least 4 members (excludes halogenated alkanes) is 2. The first-order valence-electron chi connectivity index (χ1n) is 9.86. The Kier molecular flexibility index (Phi) is 8.67. The predicted molar refractivity (Wildman–Crippen MR) is 115 cm³/mol. The van der Waals surface area contributed by atoms with Gasteiger partial charge < -0.3 is 10.1 Å². The van der Waals surface area contributed by atoms with Gasteiger partial charge in [-0.1, -0.05) is 56.2 Å². The molecule has 2 aromatic rings. The molecule has 0 saturated heterocycles. The van der Waals surface area contributed by atoms with Gasteiger partial charge in [-0.05, 0) is 43.0 Å². The van der Waals surface area contributed by atoms with E-state index >= 15 is 0 Å². The van der Waals surface area contributed by atoms with E-state index in [1.807, 2.05) is 30.3 Å². The fourth-order valence-electron chi connectivity index (χ4n) is 2.99. The topological polar surface area (TPSA) is 84.5 Å². The molecule has 0 unspecified atom stereocenters. The molecule has 2 aromatic carbocycles. The Morgan fingerprint density at radius 1 is 1.10 bits per heavy atom. The van der Waals surface area contributed by atoms with Gasteiger partial charge in [-0.2, -0.15) is 4.72 Å². The summed E-state index contributed by atoms with van der Waals surface area (Å²) in [6, 6.07) is 13.4. The Morgan fingerprint density at radius 2 is 1.83 bits per heavy atom. The Hall–Kier alpha value is -2.38. The average Bonchev–Trinajstić information content (AvgIpc) is 2.71. The second-order valence-electron chi connectivity index (χ2n) is 7.02. The van der Waals surface area contributed by atoms with Crippen LogP contribution in [0.3, 0.4) is 0 Å². The summed E-state index contributed by atoms with van der Waals surface area (Å²) in [7, 11) is -2.54. The Labute approximate surface area is 173 Å². The van der Waals surface area contributed by atoms with Crippen LogP contribution < -0.4 is 14.8 Å². The van der Waals surface area contributed by atoms with Crippen LogP contribution in [-0.4, -0.2) is 34.0 Å². The molecule has 0 aliphatic heterocycles. The number of carbonyl (C=O) groups excluding carboxylic acids is 1. The van der Waals surface area contributed by atoms with Gasteiger partial charge in [0.2, 0.25) is 15.9 Å². The van der Waals surface area contributed by atoms with Crippen LogP contribution in [0.2, 0.25) is 0 Å². The number of hydrogen-bond acceptors (Lipinski definition) is 4. The second-order valence-corrected chi connectivity index (χ2v) is 8.70. The molecule has 0 bridgehead atoms. The standard InChI is InChI=1S/C22H30N2O4S/c1-4-5-9-14-23-22(25)19(16-18-10-7-6-8-11-18)24-29(26,27)21-15-17(2)12-13-20(21)28-3/h6-8,10-13,15,19,24H,4-5,9,14,16H2,1-3H3,(H,23,25)/t19-/m1/s1. The lowest BCUT2D eigenvalue weighted by Gasteiger charge is -2.20. The van der Waals surface area contributed by atoms with Crippen molar-refractivity contribution in [3.05, 3.63) is 59.7 Å². The molecule has 0 fully saturated rings. The quantitative estimate of drug-likeness (QED) is 0.549. The van der Waals surface area contributed by atoms with Gasteiger partial charge in [0, 0.05) is 6.54 Å². The van der Waals surface area contributed by atoms with E-state index in [-0.39, 0.29) is 23.0 Å². The molecule has 0 radical (unpaired) electrons. The molecule has 6 nitrogen and oxygen atoms in total. The molecule has 1 atom stereocenters. The van der Waals surface area contributed by atoms with Gasteiger partial charge in [0.15, 0.2) is 0 Å². The molecule has 0 saturated carbocycles. The Bertz CT molecular complexity index is 898. The van der Waals surface area contributed by atoms with E-state index in [0.29, 0.717) is 6.54 Å². The first-order valence-corrected chi connectivity index (χ1v) is 11.3. The second kappa shape index (κ2) is 11.0. The van der Waals surface area contributed by atoms with Crippen LogP contribution in [0.25, 0.3) is 0 Å². The van der Waals surface area contributed by atoms with Gasteiger partial charge in [0.25, 0.3) is 0 Å². The highest BCUT2D eigenvalue weighted by Gasteiger charge is 2.28. The van der Waals surface area contributed by atoms with Crippen molar-refractivity contribution in [2.24, 2.45) is 0 Å². The number of methoxy groups -OCH3 is 1. The van der Waals surface area contributed by atoms with Crippen molar-refractivity contribution in [3.63, 3.8) is 0 Å². The summed E-state index contributed by atoms with van der Waals surface area (Å²) in [6.07, 6.45) is 3.17. The summed E-state index contributed by atoms with van der Waals surface area (Å²) < 4.78 is 33.9. The van der Waals surface area contributed by atoms with Crippen LogP contribution in [0.4, 0.5) is 0 Å². The summed E-state index contributed by atoms with van der Waals surface area (Å²) in [5.74, 6) is -0.0925. The molecule has 29 heavy (non-hydrogen) atoms. The van der Waals surface area contributed by atoms with E-state index in [1.165, 1.54) is 7.11 Å². The largest absolute Gasteiger partial charge is 0.495 e. The number of aryl methyl sites for hydroxylation is 1. The van der Waals surface area contributed by atoms with E-state index in [9.17, 15) is 13.2 Å². The zero-order valence-corrected chi connectivity index (χ0v) is 18.1. The maximum atomic E-state index is 13.1. The highest BCUT2D eigenvalue weighted by molar-refractivity contribution is 7.89. The number of sulfonamides is 1. The third-order valence-electron chi connectivity index (χ3n) is 4.58. The lowest BCUT2D eigenvalue weighted by molar-refractivity contribution is -0.122. The number of rotatable bonds is 11. The highest BCUT2D eigenvalue weighted by Crippen LogP contribution is 2.25. The van der Waals surface area contributed by atoms with Gasteiger partial charge in [-0.15, -0.1) is 0 Å². The number of carbonyl (C=O) groups is 1. The lowest BCUT2D eigenvalue weighted by atomic mass is 10.1. The van der Waals surface area contributed by atoms with Crippen LogP contribution in [0.15, 0.2) is 53.4 Å². The summed E-state index contributed by atoms with van der Waals surface area (Å²) >= 11 is 0. The van der Waals surface area contributed by atoms with Crippen molar-refractivity contribution in [3.8, 4) is 5.75 Å². The zero-order chi connectivity index (χ0) is 21.3. The van der Waals surface area contributed by atoms with Gasteiger partial charge in [0.05, 0.1) is 7.11 Å². The minimum atomic E-state index is -3.96. The molecule has 7 heteroatoms. The van der Waals surface area contributed by atoms with Crippen LogP contribution in [0, 0.1) is 6.92 Å². The average molecular weight is 419 g/mol. The molecule has 0 heterocycles. The van der Waals surface area contributed by atoms with Crippen molar-refractivity contribution in [1.29, 1.82) is 0 Å². The maximum Gasteiger partial charge on any atom is 0.244 e. The number of nitrogens with one attached hydrogen (secondary N) is 2. The molecule has 0 spiro atoms. The van der Waals surface area contributed by atoms with E-state index < -0.39 is 16.1 Å². The molecule has 158 valence electrons. The third kappa shape index (κ3) is 6.87. The summed E-state index contributed by atoms with van der Waals surface area (Å²) in [5, 5.41) is 2.85. The smallest absolute Gasteiger partial charge is 0.244 e. The fraction of sp³-hybridized carbons (Fsp3) is 0.409. The number of benzene rings is 2. The first-order chi connectivity index (χ1) is 13.9. The molecule has 1 amide bonds. The van der Waals surface area contributed by atoms with Crippen molar-refractivity contribution in [2.45, 2.75) is 50.5 Å².